The number of hydrogen-bond donors (Lipinski definition) is 2. The van der Waals surface area contributed by atoms with Crippen LogP contribution in [0.1, 0.15) is 54.4 Å². The number of carbonyl (C=O) groups excluding carboxylic acids is 1. The van der Waals surface area contributed by atoms with Gasteiger partial charge in [0.05, 0.1) is 18.5 Å². The van der Waals surface area contributed by atoms with Gasteiger partial charge in [0.1, 0.15) is 5.76 Å². The Labute approximate surface area is 135 Å². The monoisotopic (exact) mass is 317 g/mol. The van der Waals surface area contributed by atoms with E-state index < -0.39 is 0 Å². The zero-order valence-electron chi connectivity index (χ0n) is 13.1. The summed E-state index contributed by atoms with van der Waals surface area (Å²) in [5.74, 6) is 0.754. The SMILES string of the molecule is NC1CCC(n2cc(C(=O)NCCCc3ccco3)nn2)CC1. The maximum Gasteiger partial charge on any atom is 0.273 e. The van der Waals surface area contributed by atoms with Crippen molar-refractivity contribution >= 4 is 5.91 Å². The quantitative estimate of drug-likeness (QED) is 0.790. The Morgan fingerprint density at radius 2 is 2.22 bits per heavy atom. The third kappa shape index (κ3) is 4.19. The van der Waals surface area contributed by atoms with E-state index in [9.17, 15) is 4.79 Å². The lowest BCUT2D eigenvalue weighted by molar-refractivity contribution is 0.0948. The zero-order valence-corrected chi connectivity index (χ0v) is 13.1. The molecule has 2 aromatic heterocycles. The Balaban J connectivity index is 1.44. The minimum Gasteiger partial charge on any atom is -0.469 e. The molecule has 0 radical (unpaired) electrons. The van der Waals surface area contributed by atoms with Crippen LogP contribution < -0.4 is 11.1 Å². The fourth-order valence-corrected chi connectivity index (χ4v) is 2.94. The number of aromatic nitrogens is 3. The van der Waals surface area contributed by atoms with Crippen LogP contribution in [0, 0.1) is 0 Å². The summed E-state index contributed by atoms with van der Waals surface area (Å²) in [5, 5.41) is 11.0. The summed E-state index contributed by atoms with van der Waals surface area (Å²) in [7, 11) is 0. The predicted octanol–water partition coefficient (Wildman–Crippen LogP) is 1.68. The molecule has 0 spiro atoms. The highest BCUT2D eigenvalue weighted by atomic mass is 16.3. The first-order chi connectivity index (χ1) is 11.2. The third-order valence-corrected chi connectivity index (χ3v) is 4.32. The molecule has 0 saturated heterocycles. The first-order valence-corrected chi connectivity index (χ1v) is 8.20. The van der Waals surface area contributed by atoms with E-state index in [-0.39, 0.29) is 5.91 Å². The van der Waals surface area contributed by atoms with Crippen LogP contribution in [0.15, 0.2) is 29.0 Å². The fourth-order valence-electron chi connectivity index (χ4n) is 2.94. The average Bonchev–Trinajstić information content (AvgIpc) is 3.24. The van der Waals surface area contributed by atoms with Gasteiger partial charge in [-0.15, -0.1) is 5.10 Å². The third-order valence-electron chi connectivity index (χ3n) is 4.32. The van der Waals surface area contributed by atoms with Crippen molar-refractivity contribution in [2.24, 2.45) is 5.73 Å². The number of hydrogen-bond acceptors (Lipinski definition) is 5. The second kappa shape index (κ2) is 7.41. The number of furan rings is 1. The molecule has 3 rings (SSSR count). The molecule has 124 valence electrons. The standard InChI is InChI=1S/C16H23N5O2/c17-12-5-7-13(8-6-12)21-11-15(19-20-21)16(22)18-9-1-3-14-4-2-10-23-14/h2,4,10-13H,1,3,5-9,17H2,(H,18,22). The smallest absolute Gasteiger partial charge is 0.273 e. The molecule has 7 nitrogen and oxygen atoms in total. The van der Waals surface area contributed by atoms with Crippen molar-refractivity contribution < 1.29 is 9.21 Å². The minimum absolute atomic E-state index is 0.178. The fraction of sp³-hybridized carbons (Fsp3) is 0.562. The summed E-state index contributed by atoms with van der Waals surface area (Å²) in [6.45, 7) is 0.588. The molecule has 0 atom stereocenters. The van der Waals surface area contributed by atoms with Crippen LogP contribution in [0.5, 0.6) is 0 Å². The molecule has 0 aliphatic heterocycles. The van der Waals surface area contributed by atoms with E-state index in [0.717, 1.165) is 44.3 Å². The maximum atomic E-state index is 12.1. The molecule has 1 saturated carbocycles. The van der Waals surface area contributed by atoms with Gasteiger partial charge in [-0.3, -0.25) is 4.79 Å². The van der Waals surface area contributed by atoms with Gasteiger partial charge in [-0.25, -0.2) is 4.68 Å². The topological polar surface area (TPSA) is 99.0 Å². The lowest BCUT2D eigenvalue weighted by Gasteiger charge is -2.25. The number of nitrogens with two attached hydrogens (primary N) is 1. The lowest BCUT2D eigenvalue weighted by Crippen LogP contribution is -2.28. The largest absolute Gasteiger partial charge is 0.469 e. The van der Waals surface area contributed by atoms with Crippen LogP contribution in [-0.4, -0.2) is 33.5 Å². The van der Waals surface area contributed by atoms with Gasteiger partial charge >= 0.3 is 0 Å². The molecule has 7 heteroatoms. The summed E-state index contributed by atoms with van der Waals surface area (Å²) >= 11 is 0. The Hall–Kier alpha value is -2.15. The Morgan fingerprint density at radius 1 is 1.39 bits per heavy atom. The van der Waals surface area contributed by atoms with Gasteiger partial charge in [-0.2, -0.15) is 0 Å². The minimum atomic E-state index is -0.178. The average molecular weight is 317 g/mol. The van der Waals surface area contributed by atoms with Gasteiger partial charge in [0.2, 0.25) is 0 Å². The lowest BCUT2D eigenvalue weighted by atomic mass is 9.92. The Kier molecular flexibility index (Phi) is 5.07. The molecule has 1 aliphatic carbocycles. The van der Waals surface area contributed by atoms with Crippen molar-refractivity contribution in [2.45, 2.75) is 50.6 Å². The molecule has 2 aromatic rings. The van der Waals surface area contributed by atoms with Crippen LogP contribution >= 0.6 is 0 Å². The van der Waals surface area contributed by atoms with Crippen molar-refractivity contribution in [1.29, 1.82) is 0 Å². The number of carbonyl (C=O) groups is 1. The van der Waals surface area contributed by atoms with Crippen LogP contribution in [0.2, 0.25) is 0 Å². The second-order valence-corrected chi connectivity index (χ2v) is 6.09. The Bertz CT molecular complexity index is 614. The van der Waals surface area contributed by atoms with Gasteiger partial charge in [-0.1, -0.05) is 5.21 Å². The predicted molar refractivity (Wildman–Crippen MR) is 84.9 cm³/mol. The van der Waals surface area contributed by atoms with Crippen molar-refractivity contribution in [3.05, 3.63) is 36.0 Å². The molecule has 0 bridgehead atoms. The molecular weight excluding hydrogens is 294 g/mol. The highest BCUT2D eigenvalue weighted by molar-refractivity contribution is 5.91. The van der Waals surface area contributed by atoms with Gasteiger partial charge < -0.3 is 15.5 Å². The number of aryl methyl sites for hydroxylation is 1. The summed E-state index contributed by atoms with van der Waals surface area (Å²) in [6.07, 6.45) is 9.02. The highest BCUT2D eigenvalue weighted by Gasteiger charge is 2.22. The maximum absolute atomic E-state index is 12.1. The van der Waals surface area contributed by atoms with E-state index in [1.807, 2.05) is 16.8 Å². The van der Waals surface area contributed by atoms with Gasteiger partial charge in [0, 0.05) is 19.0 Å². The molecular formula is C16H23N5O2. The van der Waals surface area contributed by atoms with Crippen LogP contribution in [0.25, 0.3) is 0 Å². The van der Waals surface area contributed by atoms with Crippen LogP contribution in [0.3, 0.4) is 0 Å². The summed E-state index contributed by atoms with van der Waals surface area (Å²) in [4.78, 5) is 12.1. The van der Waals surface area contributed by atoms with E-state index in [0.29, 0.717) is 24.3 Å². The number of nitrogens with zero attached hydrogens (tertiary/aromatic N) is 3. The molecule has 0 aromatic carbocycles. The normalized spacial score (nSPS) is 21.3. The molecule has 2 heterocycles. The van der Waals surface area contributed by atoms with E-state index >= 15 is 0 Å². The van der Waals surface area contributed by atoms with Crippen molar-refractivity contribution in [1.82, 2.24) is 20.3 Å². The summed E-state index contributed by atoms with van der Waals surface area (Å²) in [5.41, 5.74) is 6.29. The van der Waals surface area contributed by atoms with Crippen LogP contribution in [-0.2, 0) is 6.42 Å². The second-order valence-electron chi connectivity index (χ2n) is 6.09. The van der Waals surface area contributed by atoms with Gasteiger partial charge in [-0.05, 0) is 44.2 Å². The van der Waals surface area contributed by atoms with Crippen molar-refractivity contribution in [3.8, 4) is 0 Å². The van der Waals surface area contributed by atoms with Crippen LogP contribution in [0.4, 0.5) is 0 Å². The molecule has 1 amide bonds. The van der Waals surface area contributed by atoms with Crippen molar-refractivity contribution in [2.75, 3.05) is 6.54 Å². The van der Waals surface area contributed by atoms with E-state index in [1.54, 1.807) is 12.5 Å². The molecule has 3 N–H and O–H groups in total. The van der Waals surface area contributed by atoms with Gasteiger partial charge in [0.15, 0.2) is 5.69 Å². The molecule has 1 fully saturated rings. The Morgan fingerprint density at radius 3 is 2.96 bits per heavy atom. The highest BCUT2D eigenvalue weighted by Crippen LogP contribution is 2.26. The van der Waals surface area contributed by atoms with E-state index in [1.165, 1.54) is 0 Å². The van der Waals surface area contributed by atoms with E-state index in [4.69, 9.17) is 10.2 Å². The first kappa shape index (κ1) is 15.7. The number of rotatable bonds is 6. The molecule has 0 unspecified atom stereocenters. The summed E-state index contributed by atoms with van der Waals surface area (Å²) in [6, 6.07) is 4.41. The zero-order chi connectivity index (χ0) is 16.1. The van der Waals surface area contributed by atoms with Gasteiger partial charge in [0.25, 0.3) is 5.91 Å². The van der Waals surface area contributed by atoms with Crippen molar-refractivity contribution in [3.63, 3.8) is 0 Å². The molecule has 23 heavy (non-hydrogen) atoms. The summed E-state index contributed by atoms with van der Waals surface area (Å²) < 4.78 is 7.07. The number of amides is 1. The number of nitrogens with one attached hydrogen (secondary N) is 1. The first-order valence-electron chi connectivity index (χ1n) is 8.20. The molecule has 1 aliphatic rings. The van der Waals surface area contributed by atoms with E-state index in [2.05, 4.69) is 15.6 Å².